The van der Waals surface area contributed by atoms with Gasteiger partial charge in [0.15, 0.2) is 0 Å². The average Bonchev–Trinajstić information content (AvgIpc) is 3.40. The Bertz CT molecular complexity index is 897. The van der Waals surface area contributed by atoms with Crippen molar-refractivity contribution in [2.75, 3.05) is 26.2 Å². The first-order valence-corrected chi connectivity index (χ1v) is 11.5. The Balaban J connectivity index is 1.35. The van der Waals surface area contributed by atoms with Gasteiger partial charge in [-0.25, -0.2) is 0 Å². The van der Waals surface area contributed by atoms with Crippen LogP contribution in [-0.4, -0.2) is 53.3 Å². The van der Waals surface area contributed by atoms with E-state index in [2.05, 4.69) is 11.4 Å². The van der Waals surface area contributed by atoms with Gasteiger partial charge < -0.3 is 25.2 Å². The number of carbonyl (C=O) groups excluding carboxylic acids is 1. The molecule has 0 aromatic heterocycles. The van der Waals surface area contributed by atoms with Gasteiger partial charge in [-0.3, -0.25) is 4.79 Å². The molecule has 0 bridgehead atoms. The fourth-order valence-corrected chi connectivity index (χ4v) is 4.86. The number of benzene rings is 1. The van der Waals surface area contributed by atoms with E-state index in [1.807, 2.05) is 13.8 Å². The summed E-state index contributed by atoms with van der Waals surface area (Å²) in [6.45, 7) is 6.55. The fourth-order valence-electron chi connectivity index (χ4n) is 4.86. The molecule has 0 spiro atoms. The van der Waals surface area contributed by atoms with Crippen LogP contribution in [0, 0.1) is 0 Å². The second kappa shape index (κ2) is 9.35. The molecule has 1 aromatic rings. The smallest absolute Gasteiger partial charge is 0.258 e. The minimum atomic E-state index is -0.203. The normalized spacial score (nSPS) is 19.2. The lowest BCUT2D eigenvalue weighted by atomic mass is 9.98. The van der Waals surface area contributed by atoms with Gasteiger partial charge in [0.1, 0.15) is 18.1 Å². The lowest BCUT2D eigenvalue weighted by Crippen LogP contribution is -2.29. The number of hydrogen-bond acceptors (Lipinski definition) is 5. The van der Waals surface area contributed by atoms with Crippen LogP contribution in [0.15, 0.2) is 35.1 Å². The van der Waals surface area contributed by atoms with E-state index in [0.29, 0.717) is 31.3 Å². The zero-order valence-electron chi connectivity index (χ0n) is 18.6. The van der Waals surface area contributed by atoms with Gasteiger partial charge in [-0.1, -0.05) is 26.7 Å². The number of phenols is 2. The van der Waals surface area contributed by atoms with Crippen LogP contribution in [0.5, 0.6) is 11.5 Å². The van der Waals surface area contributed by atoms with Crippen LogP contribution < -0.4 is 5.32 Å². The molecule has 1 amide bonds. The predicted molar refractivity (Wildman–Crippen MR) is 120 cm³/mol. The van der Waals surface area contributed by atoms with E-state index in [0.717, 1.165) is 30.7 Å². The molecule has 6 heteroatoms. The molecular weight excluding hydrogens is 392 g/mol. The van der Waals surface area contributed by atoms with Crippen molar-refractivity contribution < 1.29 is 19.7 Å². The van der Waals surface area contributed by atoms with Gasteiger partial charge in [0, 0.05) is 38.2 Å². The van der Waals surface area contributed by atoms with Crippen LogP contribution in [0.25, 0.3) is 0 Å². The summed E-state index contributed by atoms with van der Waals surface area (Å²) < 4.78 is 6.00. The summed E-state index contributed by atoms with van der Waals surface area (Å²) in [6, 6.07) is 3.55. The molecule has 1 aromatic carbocycles. The maximum atomic E-state index is 13.1. The van der Waals surface area contributed by atoms with Gasteiger partial charge >= 0.3 is 0 Å². The number of allylic oxidation sites excluding steroid dienone is 1. The maximum Gasteiger partial charge on any atom is 0.258 e. The third kappa shape index (κ3) is 4.90. The van der Waals surface area contributed by atoms with E-state index in [9.17, 15) is 15.0 Å². The SMILES string of the molecule is CC(C)c1cc(C(=O)N2CC3=C(CCC(OCCNC4CCCC4)=C3)C2)c(O)cc1O. The molecule has 0 atom stereocenters. The molecule has 1 fully saturated rings. The highest BCUT2D eigenvalue weighted by Crippen LogP contribution is 2.35. The molecule has 2 aliphatic carbocycles. The molecular formula is C25H34N2O4. The van der Waals surface area contributed by atoms with E-state index < -0.39 is 0 Å². The molecule has 0 radical (unpaired) electrons. The lowest BCUT2D eigenvalue weighted by molar-refractivity contribution is 0.0793. The van der Waals surface area contributed by atoms with Gasteiger partial charge in [-0.05, 0) is 54.0 Å². The second-order valence-corrected chi connectivity index (χ2v) is 9.27. The van der Waals surface area contributed by atoms with E-state index in [1.165, 1.54) is 37.3 Å². The Hall–Kier alpha value is -2.47. The minimum Gasteiger partial charge on any atom is -0.508 e. The average molecular weight is 427 g/mol. The Morgan fingerprint density at radius 2 is 1.94 bits per heavy atom. The van der Waals surface area contributed by atoms with Gasteiger partial charge in [0.25, 0.3) is 5.91 Å². The number of amides is 1. The van der Waals surface area contributed by atoms with Crippen molar-refractivity contribution in [3.63, 3.8) is 0 Å². The molecule has 31 heavy (non-hydrogen) atoms. The summed E-state index contributed by atoms with van der Waals surface area (Å²) >= 11 is 0. The van der Waals surface area contributed by atoms with E-state index in [-0.39, 0.29) is 28.9 Å². The molecule has 6 nitrogen and oxygen atoms in total. The van der Waals surface area contributed by atoms with Crippen molar-refractivity contribution in [2.45, 2.75) is 64.3 Å². The third-order valence-corrected chi connectivity index (χ3v) is 6.67. The van der Waals surface area contributed by atoms with Crippen molar-refractivity contribution in [1.29, 1.82) is 0 Å². The first-order chi connectivity index (χ1) is 14.9. The monoisotopic (exact) mass is 426 g/mol. The van der Waals surface area contributed by atoms with Crippen molar-refractivity contribution in [1.82, 2.24) is 10.2 Å². The Labute approximate surface area is 184 Å². The summed E-state index contributed by atoms with van der Waals surface area (Å²) in [7, 11) is 0. The number of nitrogens with zero attached hydrogens (tertiary/aromatic N) is 1. The molecule has 0 unspecified atom stereocenters. The summed E-state index contributed by atoms with van der Waals surface area (Å²) in [5.74, 6) is 0.699. The number of phenolic OH excluding ortho intramolecular Hbond substituents is 2. The van der Waals surface area contributed by atoms with Crippen LogP contribution in [0.4, 0.5) is 0 Å². The minimum absolute atomic E-state index is 0.0232. The van der Waals surface area contributed by atoms with Crippen LogP contribution in [-0.2, 0) is 4.74 Å². The van der Waals surface area contributed by atoms with Gasteiger partial charge in [0.2, 0.25) is 0 Å². The van der Waals surface area contributed by atoms with Crippen LogP contribution in [0.2, 0.25) is 0 Å². The van der Waals surface area contributed by atoms with Crippen LogP contribution in [0.3, 0.4) is 0 Å². The summed E-state index contributed by atoms with van der Waals surface area (Å²) in [5.41, 5.74) is 3.34. The summed E-state index contributed by atoms with van der Waals surface area (Å²) in [6.07, 6.45) is 9.08. The topological polar surface area (TPSA) is 82.0 Å². The highest BCUT2D eigenvalue weighted by Gasteiger charge is 2.30. The van der Waals surface area contributed by atoms with E-state index >= 15 is 0 Å². The maximum absolute atomic E-state index is 13.1. The number of nitrogens with one attached hydrogen (secondary N) is 1. The molecule has 1 heterocycles. The number of aromatic hydroxyl groups is 2. The second-order valence-electron chi connectivity index (χ2n) is 9.27. The summed E-state index contributed by atoms with van der Waals surface area (Å²) in [5, 5.41) is 23.9. The molecule has 4 rings (SSSR count). The van der Waals surface area contributed by atoms with Gasteiger partial charge in [0.05, 0.1) is 11.3 Å². The Morgan fingerprint density at radius 3 is 2.68 bits per heavy atom. The zero-order chi connectivity index (χ0) is 22.0. The number of hydrogen-bond donors (Lipinski definition) is 3. The Morgan fingerprint density at radius 1 is 1.16 bits per heavy atom. The largest absolute Gasteiger partial charge is 0.508 e. The quantitative estimate of drug-likeness (QED) is 0.569. The number of carbonyl (C=O) groups is 1. The zero-order valence-corrected chi connectivity index (χ0v) is 18.6. The highest BCUT2D eigenvalue weighted by molar-refractivity contribution is 5.98. The fraction of sp³-hybridized carbons (Fsp3) is 0.560. The van der Waals surface area contributed by atoms with Crippen molar-refractivity contribution in [3.8, 4) is 11.5 Å². The molecule has 1 aliphatic heterocycles. The molecule has 0 saturated heterocycles. The molecule has 3 aliphatic rings. The third-order valence-electron chi connectivity index (χ3n) is 6.67. The summed E-state index contributed by atoms with van der Waals surface area (Å²) in [4.78, 5) is 14.9. The Kier molecular flexibility index (Phi) is 6.56. The van der Waals surface area contributed by atoms with Crippen molar-refractivity contribution in [2.24, 2.45) is 0 Å². The predicted octanol–water partition coefficient (Wildman–Crippen LogP) is 4.20. The van der Waals surface area contributed by atoms with Crippen LogP contribution >= 0.6 is 0 Å². The first kappa shape index (κ1) is 21.8. The molecule has 1 saturated carbocycles. The number of rotatable bonds is 7. The number of ether oxygens (including phenoxy) is 1. The molecule has 3 N–H and O–H groups in total. The standard InChI is InChI=1S/C25H34N2O4/c1-16(2)21-12-22(24(29)13-23(21)28)25(30)27-14-17-7-8-20(11-18(17)15-27)31-10-9-26-19-5-3-4-6-19/h11-13,16,19,26,28-29H,3-10,14-15H2,1-2H3. The lowest BCUT2D eigenvalue weighted by Gasteiger charge is -2.19. The van der Waals surface area contributed by atoms with Gasteiger partial charge in [-0.2, -0.15) is 0 Å². The van der Waals surface area contributed by atoms with Crippen LogP contribution in [0.1, 0.15) is 74.2 Å². The van der Waals surface area contributed by atoms with Crippen molar-refractivity contribution >= 4 is 5.91 Å². The van der Waals surface area contributed by atoms with Crippen molar-refractivity contribution in [3.05, 3.63) is 46.2 Å². The van der Waals surface area contributed by atoms with Gasteiger partial charge in [-0.15, -0.1) is 0 Å². The first-order valence-electron chi connectivity index (χ1n) is 11.5. The molecule has 168 valence electrons. The highest BCUT2D eigenvalue weighted by atomic mass is 16.5. The van der Waals surface area contributed by atoms with E-state index in [1.54, 1.807) is 11.0 Å². The van der Waals surface area contributed by atoms with E-state index in [4.69, 9.17) is 4.74 Å².